The fourth-order valence-electron chi connectivity index (χ4n) is 2.42. The molecule has 2 aromatic carbocycles. The summed E-state index contributed by atoms with van der Waals surface area (Å²) in [5, 5.41) is 11.1. The first-order chi connectivity index (χ1) is 12.5. The van der Waals surface area contributed by atoms with Crippen LogP contribution in [0.5, 0.6) is 11.5 Å². The molecule has 0 bridgehead atoms. The molecule has 1 aromatic heterocycles. The number of nitro benzene ring substituents is 1. The number of benzene rings is 2. The SMILES string of the molecule is CN(Cc1ccco1)C(=O)c1cc([N+](=O)[O-])ccc1Oc1ccccc1. The lowest BCUT2D eigenvalue weighted by molar-refractivity contribution is -0.384. The second-order valence-corrected chi connectivity index (χ2v) is 5.59. The fraction of sp³-hybridized carbons (Fsp3) is 0.105. The lowest BCUT2D eigenvalue weighted by atomic mass is 10.1. The van der Waals surface area contributed by atoms with Crippen LogP contribution in [0.2, 0.25) is 0 Å². The van der Waals surface area contributed by atoms with E-state index in [4.69, 9.17) is 9.15 Å². The molecule has 0 atom stereocenters. The largest absolute Gasteiger partial charge is 0.467 e. The van der Waals surface area contributed by atoms with Crippen LogP contribution >= 0.6 is 0 Å². The summed E-state index contributed by atoms with van der Waals surface area (Å²) in [7, 11) is 1.59. The minimum Gasteiger partial charge on any atom is -0.467 e. The van der Waals surface area contributed by atoms with Crippen LogP contribution in [0.1, 0.15) is 16.1 Å². The topological polar surface area (TPSA) is 85.8 Å². The Morgan fingerprint density at radius 3 is 2.58 bits per heavy atom. The number of rotatable bonds is 6. The molecule has 3 rings (SSSR count). The van der Waals surface area contributed by atoms with E-state index in [0.29, 0.717) is 11.5 Å². The van der Waals surface area contributed by atoms with Crippen molar-refractivity contribution in [2.45, 2.75) is 6.54 Å². The molecule has 0 saturated carbocycles. The first kappa shape index (κ1) is 17.2. The van der Waals surface area contributed by atoms with Crippen molar-refractivity contribution in [1.82, 2.24) is 4.90 Å². The minimum atomic E-state index is -0.546. The molecular weight excluding hydrogens is 336 g/mol. The summed E-state index contributed by atoms with van der Waals surface area (Å²) in [5.74, 6) is 0.982. The zero-order valence-corrected chi connectivity index (χ0v) is 14.0. The van der Waals surface area contributed by atoms with Crippen molar-refractivity contribution in [2.75, 3.05) is 7.05 Å². The Hall–Kier alpha value is -3.61. The molecule has 0 N–H and O–H groups in total. The number of amides is 1. The zero-order valence-electron chi connectivity index (χ0n) is 14.0. The number of hydrogen-bond acceptors (Lipinski definition) is 5. The summed E-state index contributed by atoms with van der Waals surface area (Å²) in [6.07, 6.45) is 1.52. The molecule has 3 aromatic rings. The van der Waals surface area contributed by atoms with Gasteiger partial charge in [0, 0.05) is 19.2 Å². The Kier molecular flexibility index (Phi) is 4.98. The van der Waals surface area contributed by atoms with Gasteiger partial charge in [0.25, 0.3) is 11.6 Å². The van der Waals surface area contributed by atoms with Crippen LogP contribution in [-0.2, 0) is 6.54 Å². The molecule has 26 heavy (non-hydrogen) atoms. The molecule has 0 radical (unpaired) electrons. The lowest BCUT2D eigenvalue weighted by Gasteiger charge is -2.18. The fourth-order valence-corrected chi connectivity index (χ4v) is 2.42. The van der Waals surface area contributed by atoms with Crippen molar-refractivity contribution in [1.29, 1.82) is 0 Å². The van der Waals surface area contributed by atoms with E-state index >= 15 is 0 Å². The van der Waals surface area contributed by atoms with Crippen LogP contribution in [0.15, 0.2) is 71.3 Å². The van der Waals surface area contributed by atoms with E-state index in [1.54, 1.807) is 43.4 Å². The number of carbonyl (C=O) groups excluding carboxylic acids is 1. The van der Waals surface area contributed by atoms with Gasteiger partial charge in [0.05, 0.1) is 23.3 Å². The van der Waals surface area contributed by atoms with Gasteiger partial charge in [0.1, 0.15) is 17.3 Å². The van der Waals surface area contributed by atoms with E-state index < -0.39 is 10.8 Å². The molecule has 132 valence electrons. The number of hydrogen-bond donors (Lipinski definition) is 0. The molecule has 0 aliphatic heterocycles. The van der Waals surface area contributed by atoms with Gasteiger partial charge in [-0.05, 0) is 30.3 Å². The highest BCUT2D eigenvalue weighted by Crippen LogP contribution is 2.29. The van der Waals surface area contributed by atoms with Gasteiger partial charge in [-0.25, -0.2) is 0 Å². The quantitative estimate of drug-likeness (QED) is 0.489. The number of nitro groups is 1. The Bertz CT molecular complexity index is 907. The van der Waals surface area contributed by atoms with Crippen LogP contribution in [0.3, 0.4) is 0 Å². The number of para-hydroxylation sites is 1. The molecule has 0 aliphatic rings. The Labute approximate surface area is 149 Å². The monoisotopic (exact) mass is 352 g/mol. The maximum absolute atomic E-state index is 12.8. The summed E-state index contributed by atoms with van der Waals surface area (Å²) in [6, 6.07) is 16.3. The highest BCUT2D eigenvalue weighted by atomic mass is 16.6. The number of non-ortho nitro benzene ring substituents is 1. The maximum atomic E-state index is 12.8. The minimum absolute atomic E-state index is 0.108. The first-order valence-electron chi connectivity index (χ1n) is 7.84. The standard InChI is InChI=1S/C19H16N2O5/c1-20(13-16-8-5-11-25-16)19(22)17-12-14(21(23)24)9-10-18(17)26-15-6-3-2-4-7-15/h2-12H,13H2,1H3. The van der Waals surface area contributed by atoms with Gasteiger partial charge in [-0.3, -0.25) is 14.9 Å². The molecule has 1 heterocycles. The predicted octanol–water partition coefficient (Wildman–Crippen LogP) is 4.25. The number of furan rings is 1. The second-order valence-electron chi connectivity index (χ2n) is 5.59. The third-order valence-corrected chi connectivity index (χ3v) is 3.70. The van der Waals surface area contributed by atoms with E-state index in [2.05, 4.69) is 0 Å². The Morgan fingerprint density at radius 2 is 1.92 bits per heavy atom. The Balaban J connectivity index is 1.92. The molecule has 1 amide bonds. The normalized spacial score (nSPS) is 10.3. The van der Waals surface area contributed by atoms with E-state index in [1.165, 1.54) is 29.4 Å². The lowest BCUT2D eigenvalue weighted by Crippen LogP contribution is -2.26. The Morgan fingerprint density at radius 1 is 1.15 bits per heavy atom. The van der Waals surface area contributed by atoms with Gasteiger partial charge in [0.15, 0.2) is 0 Å². The highest BCUT2D eigenvalue weighted by Gasteiger charge is 2.22. The van der Waals surface area contributed by atoms with Crippen molar-refractivity contribution in [2.24, 2.45) is 0 Å². The van der Waals surface area contributed by atoms with Crippen LogP contribution in [0, 0.1) is 10.1 Å². The molecular formula is C19H16N2O5. The summed E-state index contributed by atoms with van der Waals surface area (Å²) >= 11 is 0. The number of carbonyl (C=O) groups is 1. The number of ether oxygens (including phenoxy) is 1. The van der Waals surface area contributed by atoms with E-state index in [0.717, 1.165) is 0 Å². The smallest absolute Gasteiger partial charge is 0.270 e. The van der Waals surface area contributed by atoms with Crippen molar-refractivity contribution < 1.29 is 18.9 Å². The van der Waals surface area contributed by atoms with Crippen molar-refractivity contribution in [3.8, 4) is 11.5 Å². The van der Waals surface area contributed by atoms with Crippen molar-refractivity contribution in [3.05, 3.63) is 88.4 Å². The third kappa shape index (κ3) is 3.89. The molecule has 7 heteroatoms. The van der Waals surface area contributed by atoms with E-state index in [-0.39, 0.29) is 23.5 Å². The predicted molar refractivity (Wildman–Crippen MR) is 94.1 cm³/mol. The third-order valence-electron chi connectivity index (χ3n) is 3.70. The molecule has 0 spiro atoms. The van der Waals surface area contributed by atoms with Gasteiger partial charge in [-0.2, -0.15) is 0 Å². The van der Waals surface area contributed by atoms with E-state index in [9.17, 15) is 14.9 Å². The maximum Gasteiger partial charge on any atom is 0.270 e. The zero-order chi connectivity index (χ0) is 18.5. The molecule has 7 nitrogen and oxygen atoms in total. The second kappa shape index (κ2) is 7.52. The average molecular weight is 352 g/mol. The van der Waals surface area contributed by atoms with Gasteiger partial charge in [-0.1, -0.05) is 18.2 Å². The van der Waals surface area contributed by atoms with Crippen LogP contribution in [-0.4, -0.2) is 22.8 Å². The van der Waals surface area contributed by atoms with Crippen LogP contribution < -0.4 is 4.74 Å². The number of nitrogens with zero attached hydrogens (tertiary/aromatic N) is 2. The first-order valence-corrected chi connectivity index (χ1v) is 7.84. The van der Waals surface area contributed by atoms with Gasteiger partial charge >= 0.3 is 0 Å². The average Bonchev–Trinajstić information content (AvgIpc) is 3.15. The summed E-state index contributed by atoms with van der Waals surface area (Å²) in [4.78, 5) is 24.8. The summed E-state index contributed by atoms with van der Waals surface area (Å²) in [5.41, 5.74) is -0.0720. The summed E-state index contributed by atoms with van der Waals surface area (Å²) < 4.78 is 11.0. The molecule has 0 saturated heterocycles. The molecule has 0 aliphatic carbocycles. The highest BCUT2D eigenvalue weighted by molar-refractivity contribution is 5.97. The summed E-state index contributed by atoms with van der Waals surface area (Å²) in [6.45, 7) is 0.235. The van der Waals surface area contributed by atoms with Gasteiger partial charge in [-0.15, -0.1) is 0 Å². The van der Waals surface area contributed by atoms with Crippen LogP contribution in [0.4, 0.5) is 5.69 Å². The molecule has 0 fully saturated rings. The van der Waals surface area contributed by atoms with Crippen LogP contribution in [0.25, 0.3) is 0 Å². The van der Waals surface area contributed by atoms with Crippen molar-refractivity contribution in [3.63, 3.8) is 0 Å². The van der Waals surface area contributed by atoms with E-state index in [1.807, 2.05) is 6.07 Å². The van der Waals surface area contributed by atoms with Gasteiger partial charge in [0.2, 0.25) is 0 Å². The van der Waals surface area contributed by atoms with Gasteiger partial charge < -0.3 is 14.1 Å². The van der Waals surface area contributed by atoms with Crippen molar-refractivity contribution >= 4 is 11.6 Å². The molecule has 0 unspecified atom stereocenters.